The molecule has 0 saturated heterocycles. The zero-order valence-electron chi connectivity index (χ0n) is 10.2. The van der Waals surface area contributed by atoms with E-state index in [4.69, 9.17) is 0 Å². The van der Waals surface area contributed by atoms with Crippen molar-refractivity contribution in [2.45, 2.75) is 29.7 Å². The Kier molecular flexibility index (Phi) is 3.72. The van der Waals surface area contributed by atoms with Gasteiger partial charge < -0.3 is 4.98 Å². The van der Waals surface area contributed by atoms with Gasteiger partial charge in [-0.15, -0.1) is 0 Å². The van der Waals surface area contributed by atoms with Gasteiger partial charge in [-0.05, 0) is 18.1 Å². The van der Waals surface area contributed by atoms with Crippen LogP contribution in [0.15, 0.2) is 49.8 Å². The first-order chi connectivity index (χ1) is 8.58. The summed E-state index contributed by atoms with van der Waals surface area (Å²) in [7, 11) is 0. The van der Waals surface area contributed by atoms with Crippen LogP contribution in [0.1, 0.15) is 25.3 Å². The molecule has 2 rings (SSSR count). The van der Waals surface area contributed by atoms with Gasteiger partial charge in [-0.25, -0.2) is 4.79 Å². The average molecular weight is 262 g/mol. The largest absolute Gasteiger partial charge is 0.326 e. The molecule has 5 heteroatoms. The van der Waals surface area contributed by atoms with Crippen LogP contribution in [0, 0.1) is 0 Å². The molecular weight excluding hydrogens is 248 g/mol. The van der Waals surface area contributed by atoms with Crippen molar-refractivity contribution in [3.8, 4) is 0 Å². The minimum atomic E-state index is -0.470. The van der Waals surface area contributed by atoms with E-state index in [-0.39, 0.29) is 11.5 Å². The quantitative estimate of drug-likeness (QED) is 0.834. The summed E-state index contributed by atoms with van der Waals surface area (Å²) in [5, 5.41) is 0.616. The van der Waals surface area contributed by atoms with Gasteiger partial charge in [-0.2, -0.15) is 0 Å². The Labute approximate surface area is 108 Å². The van der Waals surface area contributed by atoms with E-state index in [2.05, 4.69) is 9.97 Å². The molecule has 1 aromatic heterocycles. The Balaban J connectivity index is 2.50. The summed E-state index contributed by atoms with van der Waals surface area (Å²) in [6, 6.07) is 9.64. The summed E-state index contributed by atoms with van der Waals surface area (Å²) < 4.78 is 0. The van der Waals surface area contributed by atoms with E-state index in [1.165, 1.54) is 11.8 Å². The third-order valence-electron chi connectivity index (χ3n) is 2.48. The Morgan fingerprint density at radius 3 is 2.33 bits per heavy atom. The van der Waals surface area contributed by atoms with E-state index in [9.17, 15) is 9.59 Å². The lowest BCUT2D eigenvalue weighted by Gasteiger charge is -2.10. The molecule has 0 aliphatic carbocycles. The van der Waals surface area contributed by atoms with Gasteiger partial charge in [0.2, 0.25) is 0 Å². The van der Waals surface area contributed by atoms with Gasteiger partial charge in [0.25, 0.3) is 5.56 Å². The second kappa shape index (κ2) is 5.27. The maximum atomic E-state index is 11.8. The molecule has 0 aliphatic heterocycles. The van der Waals surface area contributed by atoms with E-state index in [0.717, 1.165) is 4.90 Å². The number of aromatic nitrogens is 2. The Morgan fingerprint density at radius 1 is 1.06 bits per heavy atom. The van der Waals surface area contributed by atoms with Crippen molar-refractivity contribution in [3.05, 3.63) is 56.7 Å². The van der Waals surface area contributed by atoms with Crippen molar-refractivity contribution >= 4 is 11.8 Å². The first-order valence-electron chi connectivity index (χ1n) is 5.67. The number of benzene rings is 1. The van der Waals surface area contributed by atoms with Crippen LogP contribution in [0.2, 0.25) is 0 Å². The summed E-state index contributed by atoms with van der Waals surface area (Å²) in [5.74, 6) is 0.0526. The summed E-state index contributed by atoms with van der Waals surface area (Å²) in [5.41, 5.74) is -0.168. The summed E-state index contributed by atoms with van der Waals surface area (Å²) in [4.78, 5) is 29.1. The second-order valence-electron chi connectivity index (χ2n) is 4.22. The molecule has 0 amide bonds. The fraction of sp³-hybridized carbons (Fsp3) is 0.231. The lowest BCUT2D eigenvalue weighted by molar-refractivity contribution is 0.772. The van der Waals surface area contributed by atoms with Gasteiger partial charge in [0.1, 0.15) is 0 Å². The molecule has 2 N–H and O–H groups in total. The number of aromatic amines is 2. The molecule has 1 heterocycles. The van der Waals surface area contributed by atoms with Crippen molar-refractivity contribution in [1.82, 2.24) is 9.97 Å². The molecule has 94 valence electrons. The number of hydrogen-bond acceptors (Lipinski definition) is 3. The minimum absolute atomic E-state index is 0.0526. The average Bonchev–Trinajstić information content (AvgIpc) is 2.28. The molecule has 18 heavy (non-hydrogen) atoms. The summed E-state index contributed by atoms with van der Waals surface area (Å²) >= 11 is 1.40. The van der Waals surface area contributed by atoms with Crippen LogP contribution in [0.3, 0.4) is 0 Å². The second-order valence-corrected chi connectivity index (χ2v) is 5.30. The van der Waals surface area contributed by atoms with Crippen molar-refractivity contribution in [2.24, 2.45) is 0 Å². The van der Waals surface area contributed by atoms with Crippen LogP contribution < -0.4 is 11.2 Å². The van der Waals surface area contributed by atoms with Gasteiger partial charge in [0.05, 0.1) is 10.6 Å². The number of H-pyrrole nitrogens is 2. The van der Waals surface area contributed by atoms with E-state index < -0.39 is 5.69 Å². The predicted molar refractivity (Wildman–Crippen MR) is 72.3 cm³/mol. The molecule has 0 unspecified atom stereocenters. The highest BCUT2D eigenvalue weighted by molar-refractivity contribution is 7.99. The molecule has 0 aliphatic rings. The highest BCUT2D eigenvalue weighted by Gasteiger charge is 2.13. The van der Waals surface area contributed by atoms with Crippen molar-refractivity contribution < 1.29 is 0 Å². The van der Waals surface area contributed by atoms with Gasteiger partial charge in [-0.1, -0.05) is 43.8 Å². The van der Waals surface area contributed by atoms with Crippen LogP contribution in [0.5, 0.6) is 0 Å². The van der Waals surface area contributed by atoms with Gasteiger partial charge in [-0.3, -0.25) is 9.78 Å². The van der Waals surface area contributed by atoms with Crippen molar-refractivity contribution in [2.75, 3.05) is 0 Å². The topological polar surface area (TPSA) is 65.7 Å². The third-order valence-corrected chi connectivity index (χ3v) is 3.52. The molecule has 0 atom stereocenters. The van der Waals surface area contributed by atoms with E-state index >= 15 is 0 Å². The van der Waals surface area contributed by atoms with Crippen LogP contribution in [0.4, 0.5) is 0 Å². The molecule has 0 spiro atoms. The normalized spacial score (nSPS) is 10.8. The lowest BCUT2D eigenvalue weighted by Crippen LogP contribution is -2.27. The standard InChI is InChI=1S/C13H14N2O2S/c1-8(2)10-11(16)14-13(17)15-12(10)18-9-6-4-3-5-7-9/h3-8H,1-2H3,(H2,14,15,16,17). The van der Waals surface area contributed by atoms with Crippen LogP contribution >= 0.6 is 11.8 Å². The molecule has 1 aromatic carbocycles. The first kappa shape index (κ1) is 12.7. The van der Waals surface area contributed by atoms with E-state index in [0.29, 0.717) is 10.6 Å². The molecule has 0 radical (unpaired) electrons. The number of rotatable bonds is 3. The zero-order valence-corrected chi connectivity index (χ0v) is 11.0. The fourth-order valence-electron chi connectivity index (χ4n) is 1.69. The Hall–Kier alpha value is -1.75. The fourth-order valence-corrected chi connectivity index (χ4v) is 2.80. The summed E-state index contributed by atoms with van der Waals surface area (Å²) in [6.07, 6.45) is 0. The van der Waals surface area contributed by atoms with Crippen molar-refractivity contribution in [3.63, 3.8) is 0 Å². The molecule has 0 bridgehead atoms. The van der Waals surface area contributed by atoms with Crippen molar-refractivity contribution in [1.29, 1.82) is 0 Å². The molecule has 0 fully saturated rings. The van der Waals surface area contributed by atoms with Gasteiger partial charge in [0.15, 0.2) is 0 Å². The highest BCUT2D eigenvalue weighted by atomic mass is 32.2. The number of nitrogens with one attached hydrogen (secondary N) is 2. The molecule has 2 aromatic rings. The zero-order chi connectivity index (χ0) is 13.1. The molecule has 4 nitrogen and oxygen atoms in total. The maximum Gasteiger partial charge on any atom is 0.326 e. The van der Waals surface area contributed by atoms with Crippen LogP contribution in [-0.2, 0) is 0 Å². The molecule has 0 saturated carbocycles. The first-order valence-corrected chi connectivity index (χ1v) is 6.49. The highest BCUT2D eigenvalue weighted by Crippen LogP contribution is 2.29. The monoisotopic (exact) mass is 262 g/mol. The SMILES string of the molecule is CC(C)c1c(Sc2ccccc2)[nH]c(=O)[nH]c1=O. The minimum Gasteiger partial charge on any atom is -0.301 e. The van der Waals surface area contributed by atoms with E-state index in [1.807, 2.05) is 44.2 Å². The number of hydrogen-bond donors (Lipinski definition) is 2. The maximum absolute atomic E-state index is 11.8. The molecular formula is C13H14N2O2S. The lowest BCUT2D eigenvalue weighted by atomic mass is 10.1. The van der Waals surface area contributed by atoms with Crippen LogP contribution in [0.25, 0.3) is 0 Å². The predicted octanol–water partition coefficient (Wildman–Crippen LogP) is 2.34. The van der Waals surface area contributed by atoms with Gasteiger partial charge >= 0.3 is 5.69 Å². The summed E-state index contributed by atoms with van der Waals surface area (Å²) in [6.45, 7) is 3.86. The Morgan fingerprint density at radius 2 is 1.72 bits per heavy atom. The van der Waals surface area contributed by atoms with E-state index in [1.54, 1.807) is 0 Å². The van der Waals surface area contributed by atoms with Crippen LogP contribution in [-0.4, -0.2) is 9.97 Å². The van der Waals surface area contributed by atoms with Gasteiger partial charge in [0, 0.05) is 4.90 Å². The third kappa shape index (κ3) is 2.73. The Bertz CT molecular complexity index is 644. The smallest absolute Gasteiger partial charge is 0.301 e.